The van der Waals surface area contributed by atoms with E-state index in [1.807, 2.05) is 11.9 Å². The molecule has 4 nitrogen and oxygen atoms in total. The summed E-state index contributed by atoms with van der Waals surface area (Å²) in [6.07, 6.45) is 4.29. The summed E-state index contributed by atoms with van der Waals surface area (Å²) < 4.78 is 0. The number of hydrogen-bond donors (Lipinski definition) is 0. The highest BCUT2D eigenvalue weighted by molar-refractivity contribution is 5.77. The van der Waals surface area contributed by atoms with E-state index in [9.17, 15) is 4.79 Å². The van der Waals surface area contributed by atoms with E-state index in [1.165, 1.54) is 37.2 Å². The lowest BCUT2D eigenvalue weighted by Gasteiger charge is -2.30. The van der Waals surface area contributed by atoms with Crippen LogP contribution >= 0.6 is 0 Å². The highest BCUT2D eigenvalue weighted by atomic mass is 16.2. The normalized spacial score (nSPS) is 23.8. The zero-order chi connectivity index (χ0) is 14.8. The Labute approximate surface area is 127 Å². The van der Waals surface area contributed by atoms with Gasteiger partial charge in [-0.25, -0.2) is 0 Å². The van der Waals surface area contributed by atoms with Gasteiger partial charge in [0.05, 0.1) is 5.69 Å². The van der Waals surface area contributed by atoms with Crippen LogP contribution in [0.3, 0.4) is 0 Å². The number of aryl methyl sites for hydroxylation is 1. The number of aromatic nitrogens is 1. The molecule has 1 aromatic rings. The lowest BCUT2D eigenvalue weighted by atomic mass is 9.88. The zero-order valence-electron chi connectivity index (χ0n) is 13.1. The molecule has 1 atom stereocenters. The van der Waals surface area contributed by atoms with E-state index in [2.05, 4.69) is 24.0 Å². The van der Waals surface area contributed by atoms with Crippen molar-refractivity contribution in [3.05, 3.63) is 29.1 Å². The van der Waals surface area contributed by atoms with Gasteiger partial charge in [0, 0.05) is 32.3 Å². The topological polar surface area (TPSA) is 36.4 Å². The summed E-state index contributed by atoms with van der Waals surface area (Å²) in [5.41, 5.74) is 3.57. The number of rotatable bonds is 3. The van der Waals surface area contributed by atoms with Crippen LogP contribution in [0, 0.1) is 6.92 Å². The van der Waals surface area contributed by atoms with Crippen molar-refractivity contribution < 1.29 is 4.79 Å². The van der Waals surface area contributed by atoms with Crippen molar-refractivity contribution in [3.8, 4) is 0 Å². The van der Waals surface area contributed by atoms with Gasteiger partial charge in [0.25, 0.3) is 0 Å². The quantitative estimate of drug-likeness (QED) is 0.856. The number of piperidine rings is 1. The van der Waals surface area contributed by atoms with Crippen LogP contribution in [0.25, 0.3) is 0 Å². The third-order valence-corrected chi connectivity index (χ3v) is 4.82. The van der Waals surface area contributed by atoms with Gasteiger partial charge in [0.1, 0.15) is 0 Å². The molecule has 1 aromatic heterocycles. The smallest absolute Gasteiger partial charge is 0.222 e. The largest absolute Gasteiger partial charge is 0.346 e. The minimum atomic E-state index is 0.263. The van der Waals surface area contributed by atoms with Crippen molar-refractivity contribution in [3.63, 3.8) is 0 Å². The van der Waals surface area contributed by atoms with Crippen LogP contribution in [0.2, 0.25) is 0 Å². The molecule has 0 spiro atoms. The molecule has 0 bridgehead atoms. The van der Waals surface area contributed by atoms with E-state index < -0.39 is 0 Å². The van der Waals surface area contributed by atoms with Crippen molar-refractivity contribution in [2.45, 2.75) is 45.1 Å². The van der Waals surface area contributed by atoms with Crippen LogP contribution in [0.1, 0.15) is 48.6 Å². The SMILES string of the molecule is Cc1ccc([C@@H]2CCN(C)C(=O)C2)c(CN2CCCC2)n1. The Morgan fingerprint density at radius 1 is 1.24 bits per heavy atom. The fraction of sp³-hybridized carbons (Fsp3) is 0.647. The first kappa shape index (κ1) is 14.5. The Balaban J connectivity index is 1.81. The summed E-state index contributed by atoms with van der Waals surface area (Å²) in [4.78, 5) is 21.1. The van der Waals surface area contributed by atoms with Crippen LogP contribution in [-0.2, 0) is 11.3 Å². The van der Waals surface area contributed by atoms with E-state index in [1.54, 1.807) is 0 Å². The second-order valence-corrected chi connectivity index (χ2v) is 6.48. The first-order chi connectivity index (χ1) is 10.1. The zero-order valence-corrected chi connectivity index (χ0v) is 13.1. The molecule has 2 aliphatic heterocycles. The highest BCUT2D eigenvalue weighted by Crippen LogP contribution is 2.31. The first-order valence-electron chi connectivity index (χ1n) is 8.06. The molecule has 4 heteroatoms. The molecule has 2 fully saturated rings. The molecule has 1 amide bonds. The summed E-state index contributed by atoms with van der Waals surface area (Å²) in [6.45, 7) is 6.22. The average molecular weight is 287 g/mol. The molecule has 0 N–H and O–H groups in total. The van der Waals surface area contributed by atoms with Crippen LogP contribution in [-0.4, -0.2) is 47.4 Å². The van der Waals surface area contributed by atoms with Gasteiger partial charge in [-0.15, -0.1) is 0 Å². The lowest BCUT2D eigenvalue weighted by Crippen LogP contribution is -2.35. The lowest BCUT2D eigenvalue weighted by molar-refractivity contribution is -0.132. The predicted molar refractivity (Wildman–Crippen MR) is 83.1 cm³/mol. The molecule has 2 saturated heterocycles. The molecule has 0 saturated carbocycles. The summed E-state index contributed by atoms with van der Waals surface area (Å²) in [5.74, 6) is 0.610. The number of carbonyl (C=O) groups is 1. The summed E-state index contributed by atoms with van der Waals surface area (Å²) in [6, 6.07) is 4.29. The Morgan fingerprint density at radius 2 is 2.00 bits per heavy atom. The van der Waals surface area contributed by atoms with Crippen LogP contribution in [0.15, 0.2) is 12.1 Å². The molecule has 21 heavy (non-hydrogen) atoms. The summed E-state index contributed by atoms with van der Waals surface area (Å²) in [5, 5.41) is 0. The second-order valence-electron chi connectivity index (χ2n) is 6.48. The molecule has 2 aliphatic rings. The third kappa shape index (κ3) is 3.26. The maximum atomic E-state index is 12.0. The summed E-state index contributed by atoms with van der Waals surface area (Å²) in [7, 11) is 1.90. The number of carbonyl (C=O) groups excluding carboxylic acids is 1. The molecule has 0 unspecified atom stereocenters. The maximum absolute atomic E-state index is 12.0. The van der Waals surface area contributed by atoms with Crippen LogP contribution < -0.4 is 0 Å². The fourth-order valence-electron chi connectivity index (χ4n) is 3.48. The predicted octanol–water partition coefficient (Wildman–Crippen LogP) is 2.32. The van der Waals surface area contributed by atoms with E-state index in [-0.39, 0.29) is 5.91 Å². The minimum absolute atomic E-state index is 0.263. The molecular formula is C17H25N3O. The van der Waals surface area contributed by atoms with Gasteiger partial charge in [-0.05, 0) is 56.8 Å². The van der Waals surface area contributed by atoms with E-state index in [4.69, 9.17) is 4.98 Å². The van der Waals surface area contributed by atoms with Crippen molar-refractivity contribution >= 4 is 5.91 Å². The van der Waals surface area contributed by atoms with Crippen molar-refractivity contribution in [1.82, 2.24) is 14.8 Å². The van der Waals surface area contributed by atoms with Crippen molar-refractivity contribution in [2.75, 3.05) is 26.7 Å². The number of pyridine rings is 1. The van der Waals surface area contributed by atoms with Gasteiger partial charge in [0.2, 0.25) is 5.91 Å². The Bertz CT molecular complexity index is 523. The second kappa shape index (κ2) is 6.14. The molecule has 3 rings (SSSR count). The fourth-order valence-corrected chi connectivity index (χ4v) is 3.48. The highest BCUT2D eigenvalue weighted by Gasteiger charge is 2.27. The van der Waals surface area contributed by atoms with E-state index >= 15 is 0 Å². The van der Waals surface area contributed by atoms with Gasteiger partial charge in [-0.3, -0.25) is 14.7 Å². The number of hydrogen-bond acceptors (Lipinski definition) is 3. The number of likely N-dealkylation sites (tertiary alicyclic amines) is 2. The molecule has 3 heterocycles. The molecule has 0 aromatic carbocycles. The maximum Gasteiger partial charge on any atom is 0.222 e. The van der Waals surface area contributed by atoms with Crippen molar-refractivity contribution in [1.29, 1.82) is 0 Å². The van der Waals surface area contributed by atoms with Crippen LogP contribution in [0.5, 0.6) is 0 Å². The molecule has 114 valence electrons. The third-order valence-electron chi connectivity index (χ3n) is 4.82. The van der Waals surface area contributed by atoms with Crippen LogP contribution in [0.4, 0.5) is 0 Å². The van der Waals surface area contributed by atoms with Gasteiger partial charge in [0.15, 0.2) is 0 Å². The Kier molecular flexibility index (Phi) is 4.24. The number of amides is 1. The molecule has 0 aliphatic carbocycles. The summed E-state index contributed by atoms with van der Waals surface area (Å²) >= 11 is 0. The van der Waals surface area contributed by atoms with Gasteiger partial charge < -0.3 is 4.90 Å². The first-order valence-corrected chi connectivity index (χ1v) is 8.06. The molecular weight excluding hydrogens is 262 g/mol. The van der Waals surface area contributed by atoms with E-state index in [0.29, 0.717) is 12.3 Å². The minimum Gasteiger partial charge on any atom is -0.346 e. The van der Waals surface area contributed by atoms with Gasteiger partial charge >= 0.3 is 0 Å². The molecule has 0 radical (unpaired) electrons. The Hall–Kier alpha value is -1.42. The van der Waals surface area contributed by atoms with Gasteiger partial charge in [-0.2, -0.15) is 0 Å². The average Bonchev–Trinajstić information content (AvgIpc) is 2.95. The monoisotopic (exact) mass is 287 g/mol. The van der Waals surface area contributed by atoms with Crippen molar-refractivity contribution in [2.24, 2.45) is 0 Å². The standard InChI is InChI=1S/C17H25N3O/c1-13-5-6-15(14-7-10-19(2)17(21)11-14)16(18-13)12-20-8-3-4-9-20/h5-6,14H,3-4,7-12H2,1-2H3/t14-/m1/s1. The van der Waals surface area contributed by atoms with Gasteiger partial charge in [-0.1, -0.05) is 6.07 Å². The number of nitrogens with zero attached hydrogens (tertiary/aromatic N) is 3. The Morgan fingerprint density at radius 3 is 2.71 bits per heavy atom. The van der Waals surface area contributed by atoms with E-state index in [0.717, 1.165) is 25.2 Å².